The molecule has 0 aliphatic heterocycles. The Kier molecular flexibility index (Phi) is 5.60. The number of phenolic OH excluding ortho intramolecular Hbond substituents is 1. The molecule has 1 aromatic carbocycles. The van der Waals surface area contributed by atoms with Crippen LogP contribution in [-0.2, 0) is 19.1 Å². The lowest BCUT2D eigenvalue weighted by atomic mass is 9.76. The number of aliphatic hydroxyl groups excluding tert-OH is 1. The summed E-state index contributed by atoms with van der Waals surface area (Å²) in [4.78, 5) is 54.4. The van der Waals surface area contributed by atoms with Crippen molar-refractivity contribution in [1.82, 2.24) is 0 Å². The average Bonchev–Trinajstić information content (AvgIpc) is 3.13. The summed E-state index contributed by atoms with van der Waals surface area (Å²) in [6, 6.07) is 3.86. The number of fused-ring (bicyclic) bond motifs is 3. The van der Waals surface area contributed by atoms with Gasteiger partial charge in [0.15, 0.2) is 17.6 Å². The Labute approximate surface area is 196 Å². The van der Waals surface area contributed by atoms with E-state index in [9.17, 15) is 40.0 Å². The maximum atomic E-state index is 13.5. The maximum Gasteiger partial charge on any atom is 0.334 e. The highest BCUT2D eigenvalue weighted by Crippen LogP contribution is 2.46. The molecule has 0 bridgehead atoms. The summed E-state index contributed by atoms with van der Waals surface area (Å²) in [5.74, 6) is -2.82. The number of phenols is 1. The van der Waals surface area contributed by atoms with Gasteiger partial charge in [0, 0.05) is 23.1 Å². The molecule has 0 fully saturated rings. The summed E-state index contributed by atoms with van der Waals surface area (Å²) in [6.45, 7) is 5.23. The Hall–Kier alpha value is -3.92. The van der Waals surface area contributed by atoms with Gasteiger partial charge in [-0.1, -0.05) is 26.0 Å². The van der Waals surface area contributed by atoms with Crippen molar-refractivity contribution < 1.29 is 39.2 Å². The average molecular weight is 482 g/mol. The number of carbonyl (C=O) groups excluding carboxylic acids is 2. The fourth-order valence-electron chi connectivity index (χ4n) is 4.72. The molecule has 0 amide bonds. The fraction of sp³-hybridized carbons (Fsp3) is 0.375. The van der Waals surface area contributed by atoms with E-state index in [2.05, 4.69) is 4.79 Å². The van der Waals surface area contributed by atoms with Crippen molar-refractivity contribution in [2.75, 3.05) is 0 Å². The lowest BCUT2D eigenvalue weighted by molar-refractivity contribution is -0.218. The third kappa shape index (κ3) is 3.35. The first kappa shape index (κ1) is 24.2. The van der Waals surface area contributed by atoms with Crippen LogP contribution in [-0.4, -0.2) is 43.8 Å². The molecule has 0 saturated heterocycles. The van der Waals surface area contributed by atoms with Gasteiger partial charge in [0.05, 0.1) is 16.9 Å². The van der Waals surface area contributed by atoms with Gasteiger partial charge in [-0.05, 0) is 13.0 Å². The second-order valence-corrected chi connectivity index (χ2v) is 9.06. The maximum absolute atomic E-state index is 13.5. The van der Waals surface area contributed by atoms with E-state index in [1.807, 2.05) is 0 Å². The van der Waals surface area contributed by atoms with Crippen LogP contribution in [0.5, 0.6) is 5.75 Å². The van der Waals surface area contributed by atoms with Crippen molar-refractivity contribution in [2.45, 2.75) is 51.6 Å². The van der Waals surface area contributed by atoms with E-state index in [1.165, 1.54) is 32.0 Å². The molecule has 11 heteroatoms. The number of hydrogen-bond acceptors (Lipinski definition) is 9. The van der Waals surface area contributed by atoms with Crippen molar-refractivity contribution in [3.63, 3.8) is 0 Å². The van der Waals surface area contributed by atoms with Crippen LogP contribution in [0.3, 0.4) is 0 Å². The summed E-state index contributed by atoms with van der Waals surface area (Å²) >= 11 is 0. The Morgan fingerprint density at radius 3 is 2.34 bits per heavy atom. The van der Waals surface area contributed by atoms with E-state index < -0.39 is 69.0 Å². The highest BCUT2D eigenvalue weighted by molar-refractivity contribution is 5.88. The van der Waals surface area contributed by atoms with E-state index in [1.54, 1.807) is 0 Å². The highest BCUT2D eigenvalue weighted by atomic mass is 16.6. The smallest absolute Gasteiger partial charge is 0.334 e. The Morgan fingerprint density at radius 2 is 1.77 bits per heavy atom. The van der Waals surface area contributed by atoms with E-state index in [4.69, 9.17) is 9.47 Å². The van der Waals surface area contributed by atoms with Crippen LogP contribution >= 0.6 is 0 Å². The van der Waals surface area contributed by atoms with E-state index >= 15 is 0 Å². The van der Waals surface area contributed by atoms with E-state index in [0.717, 1.165) is 13.8 Å². The minimum atomic E-state index is -2.26. The molecule has 11 nitrogen and oxygen atoms in total. The number of aliphatic hydroxyl groups is 2. The number of esters is 2. The van der Waals surface area contributed by atoms with E-state index in [0.29, 0.717) is 0 Å². The topological polar surface area (TPSA) is 184 Å². The molecule has 0 heterocycles. The zero-order valence-corrected chi connectivity index (χ0v) is 19.2. The van der Waals surface area contributed by atoms with Crippen molar-refractivity contribution in [2.24, 2.45) is 5.92 Å². The first-order chi connectivity index (χ1) is 16.3. The molecule has 3 aliphatic carbocycles. The predicted molar refractivity (Wildman–Crippen MR) is 117 cm³/mol. The zero-order valence-electron chi connectivity index (χ0n) is 19.2. The van der Waals surface area contributed by atoms with Crippen LogP contribution < -0.4 is 16.2 Å². The van der Waals surface area contributed by atoms with Gasteiger partial charge in [-0.15, -0.1) is 0 Å². The molecule has 0 spiro atoms. The second kappa shape index (κ2) is 8.09. The standard InChI is InChI=1S/C24H22N2O9/c1-8(2)23(32)35-21-16-14(20(31)22(24(21,4)33)34-9(3)27)13-15(17(16)26-25)19(30)12-10(18(13)29)6-5-7-11(12)28/h5-8,20-22,28,31,33H,1-4H3. The molecule has 182 valence electrons. The van der Waals surface area contributed by atoms with Gasteiger partial charge in [-0.2, -0.15) is 4.79 Å². The highest BCUT2D eigenvalue weighted by Gasteiger charge is 2.57. The number of hydrogen-bond donors (Lipinski definition) is 3. The van der Waals surface area contributed by atoms with Gasteiger partial charge in [-0.25, -0.2) is 0 Å². The Morgan fingerprint density at radius 1 is 1.11 bits per heavy atom. The number of benzene rings is 1. The third-order valence-electron chi connectivity index (χ3n) is 6.32. The number of aromatic hydroxyl groups is 1. The molecule has 1 aromatic rings. The molecular formula is C24H22N2O9. The first-order valence-electron chi connectivity index (χ1n) is 10.8. The van der Waals surface area contributed by atoms with Crippen LogP contribution in [0.2, 0.25) is 0 Å². The molecule has 4 unspecified atom stereocenters. The van der Waals surface area contributed by atoms with Crippen LogP contribution in [0.1, 0.15) is 51.0 Å². The van der Waals surface area contributed by atoms with E-state index in [-0.39, 0.29) is 27.1 Å². The van der Waals surface area contributed by atoms with Crippen LogP contribution in [0.15, 0.2) is 27.8 Å². The van der Waals surface area contributed by atoms with Crippen LogP contribution in [0, 0.1) is 16.4 Å². The van der Waals surface area contributed by atoms with Gasteiger partial charge in [0.1, 0.15) is 22.7 Å². The molecule has 4 rings (SSSR count). The second-order valence-electron chi connectivity index (χ2n) is 9.06. The minimum Gasteiger partial charge on any atom is -0.507 e. The number of carbonyl (C=O) groups is 2. The summed E-state index contributed by atoms with van der Waals surface area (Å²) in [7, 11) is 0. The molecule has 0 aromatic heterocycles. The van der Waals surface area contributed by atoms with Gasteiger partial charge in [0.25, 0.3) is 0 Å². The molecule has 4 atom stereocenters. The number of ether oxygens (including phenoxy) is 2. The van der Waals surface area contributed by atoms with Crippen molar-refractivity contribution >= 4 is 22.7 Å². The minimum absolute atomic E-state index is 0.163. The monoisotopic (exact) mass is 482 g/mol. The van der Waals surface area contributed by atoms with Crippen molar-refractivity contribution in [1.29, 1.82) is 0 Å². The molecule has 3 aliphatic rings. The molecule has 0 radical (unpaired) electrons. The van der Waals surface area contributed by atoms with Gasteiger partial charge in [-0.3, -0.25) is 19.2 Å². The van der Waals surface area contributed by atoms with Crippen LogP contribution in [0.4, 0.5) is 0 Å². The largest absolute Gasteiger partial charge is 0.507 e. The Balaban J connectivity index is 2.27. The number of rotatable bonds is 3. The van der Waals surface area contributed by atoms with Gasteiger partial charge >= 0.3 is 17.3 Å². The summed E-state index contributed by atoms with van der Waals surface area (Å²) < 4.78 is 10.7. The summed E-state index contributed by atoms with van der Waals surface area (Å²) in [6.07, 6.45) is -5.28. The summed E-state index contributed by atoms with van der Waals surface area (Å²) in [5.41, 5.74) is 5.42. The normalized spacial score (nSPS) is 23.8. The lowest BCUT2D eigenvalue weighted by Gasteiger charge is -2.43. The lowest BCUT2D eigenvalue weighted by Crippen LogP contribution is -2.55. The summed E-state index contributed by atoms with van der Waals surface area (Å²) in [5, 5.41) is 31.1. The van der Waals surface area contributed by atoms with Crippen molar-refractivity contribution in [3.8, 4) is 5.75 Å². The zero-order chi connectivity index (χ0) is 26.0. The molecular weight excluding hydrogens is 460 g/mol. The molecule has 3 N–H and O–H groups in total. The SMILES string of the molecule is CC(=O)OC1C(O)c2c(c(=[N+]=[N-])c3c(=O)c4c(O)cccc4c(=O)c2=3)C(OC(=O)C(C)C)C1(C)O. The van der Waals surface area contributed by atoms with Gasteiger partial charge < -0.3 is 30.3 Å². The third-order valence-corrected chi connectivity index (χ3v) is 6.32. The quantitative estimate of drug-likeness (QED) is 0.262. The predicted octanol–water partition coefficient (Wildman–Crippen LogP) is -0.0333. The van der Waals surface area contributed by atoms with Crippen molar-refractivity contribution in [3.05, 3.63) is 71.1 Å². The van der Waals surface area contributed by atoms with Gasteiger partial charge in [0.2, 0.25) is 5.43 Å². The Bertz CT molecular complexity index is 1640. The fourth-order valence-corrected chi connectivity index (χ4v) is 4.72. The van der Waals surface area contributed by atoms with Crippen LogP contribution in [0.25, 0.3) is 16.3 Å². The molecule has 35 heavy (non-hydrogen) atoms. The molecule has 0 saturated carbocycles. The first-order valence-corrected chi connectivity index (χ1v) is 10.8. The number of nitrogens with zero attached hydrogens (tertiary/aromatic N) is 2.